The molecule has 2 rings (SSSR count). The molecule has 21 heavy (non-hydrogen) atoms. The van der Waals surface area contributed by atoms with Crippen LogP contribution in [-0.4, -0.2) is 16.5 Å². The first-order chi connectivity index (χ1) is 10.3. The summed E-state index contributed by atoms with van der Waals surface area (Å²) in [6.45, 7) is 1.22. The van der Waals surface area contributed by atoms with E-state index in [9.17, 15) is 0 Å². The maximum Gasteiger partial charge on any atom is 0.135 e. The second-order valence-corrected chi connectivity index (χ2v) is 4.51. The van der Waals surface area contributed by atoms with Crippen LogP contribution in [0.5, 0.6) is 0 Å². The molecule has 0 aliphatic heterocycles. The Morgan fingerprint density at radius 3 is 2.86 bits per heavy atom. The highest BCUT2D eigenvalue weighted by Crippen LogP contribution is 2.17. The molecule has 0 unspecified atom stereocenters. The number of unbranched alkanes of at least 4 members (excludes halogenated alkanes) is 1. The zero-order valence-electron chi connectivity index (χ0n) is 11.7. The van der Waals surface area contributed by atoms with Crippen LogP contribution in [0.1, 0.15) is 18.4 Å². The molecule has 0 saturated heterocycles. The molecule has 0 fully saturated rings. The van der Waals surface area contributed by atoms with Crippen LogP contribution in [0.4, 0.5) is 17.3 Å². The molecule has 0 saturated carbocycles. The molecular weight excluding hydrogens is 264 g/mol. The van der Waals surface area contributed by atoms with Gasteiger partial charge in [-0.15, -0.1) is 0 Å². The Morgan fingerprint density at radius 2 is 2.05 bits per heavy atom. The summed E-state index contributed by atoms with van der Waals surface area (Å²) in [5.74, 6) is 1.45. The second-order valence-electron chi connectivity index (χ2n) is 4.51. The van der Waals surface area contributed by atoms with Crippen molar-refractivity contribution in [1.29, 1.82) is 5.26 Å². The number of nitriles is 1. The fraction of sp³-hybridized carbons (Fsp3) is 0.267. The lowest BCUT2D eigenvalue weighted by Crippen LogP contribution is -2.04. The SMILES string of the molecule is N#CCCCNc1cc(Nc2cccc(CN)c2)ncn1. The van der Waals surface area contributed by atoms with Gasteiger partial charge in [-0.2, -0.15) is 5.26 Å². The molecule has 0 spiro atoms. The smallest absolute Gasteiger partial charge is 0.135 e. The van der Waals surface area contributed by atoms with Crippen molar-refractivity contribution < 1.29 is 0 Å². The molecule has 108 valence electrons. The minimum atomic E-state index is 0.505. The lowest BCUT2D eigenvalue weighted by atomic mass is 10.2. The fourth-order valence-corrected chi connectivity index (χ4v) is 1.83. The zero-order valence-corrected chi connectivity index (χ0v) is 11.7. The van der Waals surface area contributed by atoms with Gasteiger partial charge in [-0.25, -0.2) is 9.97 Å². The van der Waals surface area contributed by atoms with Crippen molar-refractivity contribution in [3.8, 4) is 6.07 Å². The average molecular weight is 282 g/mol. The molecule has 0 aliphatic carbocycles. The highest BCUT2D eigenvalue weighted by Gasteiger charge is 2.00. The number of rotatable bonds is 7. The lowest BCUT2D eigenvalue weighted by Gasteiger charge is -2.09. The molecule has 1 aromatic heterocycles. The van der Waals surface area contributed by atoms with Crippen LogP contribution < -0.4 is 16.4 Å². The third kappa shape index (κ3) is 4.75. The van der Waals surface area contributed by atoms with Crippen LogP contribution in [0.15, 0.2) is 36.7 Å². The predicted molar refractivity (Wildman–Crippen MR) is 83.0 cm³/mol. The van der Waals surface area contributed by atoms with E-state index in [1.807, 2.05) is 30.3 Å². The number of benzene rings is 1. The van der Waals surface area contributed by atoms with E-state index in [1.165, 1.54) is 6.33 Å². The van der Waals surface area contributed by atoms with Crippen LogP contribution in [-0.2, 0) is 6.54 Å². The Labute approximate surface area is 124 Å². The van der Waals surface area contributed by atoms with Gasteiger partial charge in [-0.1, -0.05) is 12.1 Å². The monoisotopic (exact) mass is 282 g/mol. The standard InChI is InChI=1S/C15H18N6/c16-6-1-2-7-18-14-9-15(20-11-19-14)21-13-5-3-4-12(8-13)10-17/h3-5,8-9,11H,1-2,7,10,17H2,(H2,18,19,20,21). The van der Waals surface area contributed by atoms with E-state index in [-0.39, 0.29) is 0 Å². The highest BCUT2D eigenvalue weighted by atomic mass is 15.1. The topological polar surface area (TPSA) is 99.7 Å². The van der Waals surface area contributed by atoms with Gasteiger partial charge in [0.2, 0.25) is 0 Å². The van der Waals surface area contributed by atoms with E-state index in [2.05, 4.69) is 26.7 Å². The molecule has 0 bridgehead atoms. The normalized spacial score (nSPS) is 9.90. The number of hydrogen-bond donors (Lipinski definition) is 3. The van der Waals surface area contributed by atoms with Gasteiger partial charge in [-0.3, -0.25) is 0 Å². The van der Waals surface area contributed by atoms with Crippen LogP contribution in [0.3, 0.4) is 0 Å². The summed E-state index contributed by atoms with van der Waals surface area (Å²) in [6.07, 6.45) is 2.83. The summed E-state index contributed by atoms with van der Waals surface area (Å²) in [7, 11) is 0. The van der Waals surface area contributed by atoms with Crippen LogP contribution in [0.2, 0.25) is 0 Å². The van der Waals surface area contributed by atoms with Crippen molar-refractivity contribution in [1.82, 2.24) is 9.97 Å². The first-order valence-corrected chi connectivity index (χ1v) is 6.80. The Morgan fingerprint density at radius 1 is 1.19 bits per heavy atom. The summed E-state index contributed by atoms with van der Waals surface area (Å²) >= 11 is 0. The Bertz CT molecular complexity index is 620. The second kappa shape index (κ2) is 7.82. The number of nitrogens with zero attached hydrogens (tertiary/aromatic N) is 3. The van der Waals surface area contributed by atoms with Crippen molar-refractivity contribution in [2.75, 3.05) is 17.2 Å². The molecule has 6 nitrogen and oxygen atoms in total. The molecule has 1 heterocycles. The number of nitrogens with two attached hydrogens (primary N) is 1. The minimum Gasteiger partial charge on any atom is -0.370 e. The number of nitrogens with one attached hydrogen (secondary N) is 2. The van der Waals surface area contributed by atoms with Gasteiger partial charge < -0.3 is 16.4 Å². The van der Waals surface area contributed by atoms with E-state index < -0.39 is 0 Å². The summed E-state index contributed by atoms with van der Waals surface area (Å²) in [6, 6.07) is 11.8. The van der Waals surface area contributed by atoms with Crippen LogP contribution >= 0.6 is 0 Å². The van der Waals surface area contributed by atoms with Gasteiger partial charge in [-0.05, 0) is 24.1 Å². The Balaban J connectivity index is 1.98. The predicted octanol–water partition coefficient (Wildman–Crippen LogP) is 2.39. The molecular formula is C15H18N6. The number of anilines is 3. The summed E-state index contributed by atoms with van der Waals surface area (Å²) in [5, 5.41) is 14.9. The van der Waals surface area contributed by atoms with Gasteiger partial charge in [0.05, 0.1) is 6.07 Å². The molecule has 0 atom stereocenters. The maximum atomic E-state index is 8.49. The maximum absolute atomic E-state index is 8.49. The molecule has 1 aromatic carbocycles. The minimum absolute atomic E-state index is 0.505. The van der Waals surface area contributed by atoms with Gasteiger partial charge in [0.25, 0.3) is 0 Å². The third-order valence-electron chi connectivity index (χ3n) is 2.87. The summed E-state index contributed by atoms with van der Waals surface area (Å²) in [4.78, 5) is 8.34. The third-order valence-corrected chi connectivity index (χ3v) is 2.87. The highest BCUT2D eigenvalue weighted by molar-refractivity contribution is 5.59. The molecule has 6 heteroatoms. The largest absolute Gasteiger partial charge is 0.370 e. The molecule has 0 amide bonds. The van der Waals surface area contributed by atoms with Gasteiger partial charge >= 0.3 is 0 Å². The first-order valence-electron chi connectivity index (χ1n) is 6.80. The number of hydrogen-bond acceptors (Lipinski definition) is 6. The van der Waals surface area contributed by atoms with E-state index in [0.717, 1.165) is 23.5 Å². The van der Waals surface area contributed by atoms with Crippen molar-refractivity contribution >= 4 is 17.3 Å². The molecule has 0 radical (unpaired) electrons. The fourth-order valence-electron chi connectivity index (χ4n) is 1.83. The van der Waals surface area contributed by atoms with Gasteiger partial charge in [0, 0.05) is 31.3 Å². The Hall–Kier alpha value is -2.65. The Kier molecular flexibility index (Phi) is 5.50. The van der Waals surface area contributed by atoms with Crippen molar-refractivity contribution in [3.05, 3.63) is 42.2 Å². The van der Waals surface area contributed by atoms with E-state index in [0.29, 0.717) is 25.3 Å². The van der Waals surface area contributed by atoms with E-state index >= 15 is 0 Å². The average Bonchev–Trinajstić information content (AvgIpc) is 2.52. The number of aromatic nitrogens is 2. The van der Waals surface area contributed by atoms with E-state index in [4.69, 9.17) is 11.0 Å². The molecule has 0 aliphatic rings. The van der Waals surface area contributed by atoms with Gasteiger partial charge in [0.1, 0.15) is 18.0 Å². The van der Waals surface area contributed by atoms with Crippen LogP contribution in [0, 0.1) is 11.3 Å². The summed E-state index contributed by atoms with van der Waals surface area (Å²) < 4.78 is 0. The zero-order chi connectivity index (χ0) is 14.9. The van der Waals surface area contributed by atoms with Crippen molar-refractivity contribution in [2.45, 2.75) is 19.4 Å². The summed E-state index contributed by atoms with van der Waals surface area (Å²) in [5.41, 5.74) is 7.63. The first kappa shape index (κ1) is 14.8. The quantitative estimate of drug-likeness (QED) is 0.674. The lowest BCUT2D eigenvalue weighted by molar-refractivity contribution is 0.891. The van der Waals surface area contributed by atoms with Gasteiger partial charge in [0.15, 0.2) is 0 Å². The van der Waals surface area contributed by atoms with Crippen molar-refractivity contribution in [2.24, 2.45) is 5.73 Å². The molecule has 4 N–H and O–H groups in total. The van der Waals surface area contributed by atoms with Crippen molar-refractivity contribution in [3.63, 3.8) is 0 Å². The van der Waals surface area contributed by atoms with E-state index in [1.54, 1.807) is 0 Å². The molecule has 2 aromatic rings. The van der Waals surface area contributed by atoms with Crippen LogP contribution in [0.25, 0.3) is 0 Å².